The van der Waals surface area contributed by atoms with Gasteiger partial charge in [-0.2, -0.15) is 0 Å². The molecule has 0 atom stereocenters. The van der Waals surface area contributed by atoms with Crippen LogP contribution in [0.3, 0.4) is 0 Å². The van der Waals surface area contributed by atoms with Crippen LogP contribution < -0.4 is 5.32 Å². The van der Waals surface area contributed by atoms with E-state index in [1.807, 2.05) is 6.08 Å². The second-order valence-electron chi connectivity index (χ2n) is 4.98. The Morgan fingerprint density at radius 3 is 2.21 bits per heavy atom. The van der Waals surface area contributed by atoms with Crippen LogP contribution >= 0.6 is 0 Å². The molecular formula is C12H17NO. The van der Waals surface area contributed by atoms with E-state index < -0.39 is 0 Å². The summed E-state index contributed by atoms with van der Waals surface area (Å²) in [6, 6.07) is 0.701. The lowest BCUT2D eigenvalue weighted by Gasteiger charge is -2.19. The van der Waals surface area contributed by atoms with E-state index in [0.29, 0.717) is 11.8 Å². The Hall–Kier alpha value is -0.790. The number of carbonyl (C=O) groups is 1. The van der Waals surface area contributed by atoms with Crippen LogP contribution in [0.1, 0.15) is 38.5 Å². The first-order valence-corrected chi connectivity index (χ1v) is 5.83. The molecule has 0 radical (unpaired) electrons. The van der Waals surface area contributed by atoms with Crippen LogP contribution in [-0.2, 0) is 4.79 Å². The number of rotatable bonds is 4. The third kappa shape index (κ3) is 1.70. The van der Waals surface area contributed by atoms with E-state index in [1.54, 1.807) is 0 Å². The van der Waals surface area contributed by atoms with Gasteiger partial charge in [-0.3, -0.25) is 4.79 Å². The number of allylic oxidation sites excluding steroid dienone is 2. The van der Waals surface area contributed by atoms with Crippen molar-refractivity contribution in [2.45, 2.75) is 44.6 Å². The van der Waals surface area contributed by atoms with Crippen LogP contribution in [0.15, 0.2) is 11.8 Å². The molecule has 2 saturated carbocycles. The predicted molar refractivity (Wildman–Crippen MR) is 54.7 cm³/mol. The van der Waals surface area contributed by atoms with Gasteiger partial charge in [0.15, 0.2) is 5.78 Å². The molecule has 3 rings (SSSR count). The fourth-order valence-corrected chi connectivity index (χ4v) is 2.46. The SMILES string of the molecule is O=C1C=C(NC(C2CC2)C2CC2)CC1. The summed E-state index contributed by atoms with van der Waals surface area (Å²) in [6.45, 7) is 0. The van der Waals surface area contributed by atoms with Crippen molar-refractivity contribution in [3.63, 3.8) is 0 Å². The molecule has 1 N–H and O–H groups in total. The maximum absolute atomic E-state index is 11.1. The lowest BCUT2D eigenvalue weighted by atomic mass is 10.1. The van der Waals surface area contributed by atoms with Crippen LogP contribution in [-0.4, -0.2) is 11.8 Å². The molecule has 0 aromatic heterocycles. The van der Waals surface area contributed by atoms with Crippen LogP contribution in [0, 0.1) is 11.8 Å². The Kier molecular flexibility index (Phi) is 1.89. The van der Waals surface area contributed by atoms with Crippen molar-refractivity contribution in [3.8, 4) is 0 Å². The quantitative estimate of drug-likeness (QED) is 0.736. The Morgan fingerprint density at radius 2 is 1.79 bits per heavy atom. The minimum atomic E-state index is 0.304. The standard InChI is InChI=1S/C12H17NO/c14-11-6-5-10(7-11)13-12(8-1-2-8)9-3-4-9/h7-9,12-13H,1-6H2. The van der Waals surface area contributed by atoms with Crippen molar-refractivity contribution in [1.82, 2.24) is 5.32 Å². The lowest BCUT2D eigenvalue weighted by molar-refractivity contribution is -0.114. The van der Waals surface area contributed by atoms with Crippen LogP contribution in [0.5, 0.6) is 0 Å². The third-order valence-corrected chi connectivity index (χ3v) is 3.59. The first-order valence-electron chi connectivity index (χ1n) is 5.83. The fourth-order valence-electron chi connectivity index (χ4n) is 2.46. The van der Waals surface area contributed by atoms with Gasteiger partial charge in [0.1, 0.15) is 0 Å². The van der Waals surface area contributed by atoms with E-state index >= 15 is 0 Å². The van der Waals surface area contributed by atoms with Crippen molar-refractivity contribution in [3.05, 3.63) is 11.8 Å². The molecule has 14 heavy (non-hydrogen) atoms. The number of carbonyl (C=O) groups excluding carboxylic acids is 1. The summed E-state index contributed by atoms with van der Waals surface area (Å²) in [5.74, 6) is 2.14. The van der Waals surface area contributed by atoms with E-state index in [9.17, 15) is 4.79 Å². The topological polar surface area (TPSA) is 29.1 Å². The van der Waals surface area contributed by atoms with Gasteiger partial charge in [0.05, 0.1) is 0 Å². The summed E-state index contributed by atoms with van der Waals surface area (Å²) in [7, 11) is 0. The van der Waals surface area contributed by atoms with Gasteiger partial charge < -0.3 is 5.32 Å². The predicted octanol–water partition coefficient (Wildman–Crippen LogP) is 2.01. The van der Waals surface area contributed by atoms with E-state index in [-0.39, 0.29) is 0 Å². The van der Waals surface area contributed by atoms with Gasteiger partial charge in [-0.1, -0.05) is 0 Å². The molecule has 2 nitrogen and oxygen atoms in total. The van der Waals surface area contributed by atoms with Crippen LogP contribution in [0.25, 0.3) is 0 Å². The Bertz CT molecular complexity index is 275. The molecule has 0 amide bonds. The molecule has 0 unspecified atom stereocenters. The van der Waals surface area contributed by atoms with Crippen LogP contribution in [0.4, 0.5) is 0 Å². The zero-order valence-corrected chi connectivity index (χ0v) is 8.46. The second kappa shape index (κ2) is 3.11. The Morgan fingerprint density at radius 1 is 1.14 bits per heavy atom. The average Bonchev–Trinajstić information content (AvgIpc) is 3.04. The van der Waals surface area contributed by atoms with Crippen LogP contribution in [0.2, 0.25) is 0 Å². The molecule has 3 aliphatic carbocycles. The molecular weight excluding hydrogens is 174 g/mol. The van der Waals surface area contributed by atoms with E-state index in [4.69, 9.17) is 0 Å². The summed E-state index contributed by atoms with van der Waals surface area (Å²) in [5.41, 5.74) is 1.21. The van der Waals surface area contributed by atoms with Crippen molar-refractivity contribution >= 4 is 5.78 Å². The molecule has 0 aromatic rings. The number of ketones is 1. The zero-order valence-electron chi connectivity index (χ0n) is 8.46. The summed E-state index contributed by atoms with van der Waals surface area (Å²) >= 11 is 0. The first-order chi connectivity index (χ1) is 6.83. The summed E-state index contributed by atoms with van der Waals surface area (Å²) in [6.07, 6.45) is 9.09. The highest BCUT2D eigenvalue weighted by Crippen LogP contribution is 2.45. The van der Waals surface area contributed by atoms with Crippen molar-refractivity contribution < 1.29 is 4.79 Å². The summed E-state index contributed by atoms with van der Waals surface area (Å²) in [4.78, 5) is 11.1. The highest BCUT2D eigenvalue weighted by atomic mass is 16.1. The molecule has 0 aromatic carbocycles. The van der Waals surface area contributed by atoms with Crippen molar-refractivity contribution in [1.29, 1.82) is 0 Å². The normalized spacial score (nSPS) is 26.9. The zero-order chi connectivity index (χ0) is 9.54. The lowest BCUT2D eigenvalue weighted by Crippen LogP contribution is -2.31. The van der Waals surface area contributed by atoms with E-state index in [2.05, 4.69) is 5.32 Å². The highest BCUT2D eigenvalue weighted by molar-refractivity contribution is 5.92. The molecule has 3 aliphatic rings. The Balaban J connectivity index is 1.63. The van der Waals surface area contributed by atoms with Crippen molar-refractivity contribution in [2.75, 3.05) is 0 Å². The smallest absolute Gasteiger partial charge is 0.157 e. The maximum Gasteiger partial charge on any atom is 0.157 e. The minimum absolute atomic E-state index is 0.304. The monoisotopic (exact) mass is 191 g/mol. The molecule has 2 fully saturated rings. The van der Waals surface area contributed by atoms with Gasteiger partial charge in [-0.25, -0.2) is 0 Å². The second-order valence-corrected chi connectivity index (χ2v) is 4.98. The van der Waals surface area contributed by atoms with Gasteiger partial charge in [0.25, 0.3) is 0 Å². The van der Waals surface area contributed by atoms with Gasteiger partial charge in [-0.15, -0.1) is 0 Å². The number of hydrogen-bond acceptors (Lipinski definition) is 2. The average molecular weight is 191 g/mol. The summed E-state index contributed by atoms with van der Waals surface area (Å²) < 4.78 is 0. The molecule has 2 heteroatoms. The van der Waals surface area contributed by atoms with E-state index in [0.717, 1.165) is 24.7 Å². The van der Waals surface area contributed by atoms with Gasteiger partial charge >= 0.3 is 0 Å². The Labute approximate surface area is 84.8 Å². The first kappa shape index (κ1) is 8.51. The molecule has 0 aliphatic heterocycles. The molecule has 76 valence electrons. The van der Waals surface area contributed by atoms with Gasteiger partial charge in [0.2, 0.25) is 0 Å². The number of nitrogens with one attached hydrogen (secondary N) is 1. The maximum atomic E-state index is 11.1. The third-order valence-electron chi connectivity index (χ3n) is 3.59. The molecule has 0 bridgehead atoms. The highest BCUT2D eigenvalue weighted by Gasteiger charge is 2.41. The van der Waals surface area contributed by atoms with Gasteiger partial charge in [0, 0.05) is 24.2 Å². The fraction of sp³-hybridized carbons (Fsp3) is 0.750. The largest absolute Gasteiger partial charge is 0.385 e. The molecule has 0 saturated heterocycles. The molecule has 0 spiro atoms. The van der Waals surface area contributed by atoms with E-state index in [1.165, 1.54) is 31.4 Å². The minimum Gasteiger partial charge on any atom is -0.385 e. The van der Waals surface area contributed by atoms with Crippen molar-refractivity contribution in [2.24, 2.45) is 11.8 Å². The summed E-state index contributed by atoms with van der Waals surface area (Å²) in [5, 5.41) is 3.61. The molecule has 0 heterocycles. The van der Waals surface area contributed by atoms with Gasteiger partial charge in [-0.05, 0) is 43.9 Å². The number of hydrogen-bond donors (Lipinski definition) is 1.